The van der Waals surface area contributed by atoms with Crippen LogP contribution >= 0.6 is 0 Å². The Morgan fingerprint density at radius 3 is 2.26 bits per heavy atom. The van der Waals surface area contributed by atoms with Crippen LogP contribution in [0.1, 0.15) is 39.7 Å². The quantitative estimate of drug-likeness (QED) is 0.801. The van der Waals surface area contributed by atoms with Crippen molar-refractivity contribution in [3.05, 3.63) is 23.8 Å². The number of aryl methyl sites for hydroxylation is 1. The molecule has 0 aliphatic heterocycles. The molecule has 0 atom stereocenters. The predicted octanol–water partition coefficient (Wildman–Crippen LogP) is 2.72. The van der Waals surface area contributed by atoms with E-state index >= 15 is 0 Å². The zero-order valence-electron chi connectivity index (χ0n) is 15.0. The first-order chi connectivity index (χ1) is 10.9. The van der Waals surface area contributed by atoms with Crippen LogP contribution in [0.3, 0.4) is 0 Å². The number of nitrogens with one attached hydrogen (secondary N) is 1. The van der Waals surface area contributed by atoms with Crippen molar-refractivity contribution in [3.8, 4) is 0 Å². The highest BCUT2D eigenvalue weighted by Crippen LogP contribution is 2.25. The summed E-state index contributed by atoms with van der Waals surface area (Å²) in [5.74, 6) is -0.260. The maximum Gasteiger partial charge on any atom is 0.240 e. The van der Waals surface area contributed by atoms with Crippen molar-refractivity contribution in [2.75, 3.05) is 36.0 Å². The Bertz CT molecular complexity index is 539. The van der Waals surface area contributed by atoms with Crippen LogP contribution in [-0.2, 0) is 9.59 Å². The van der Waals surface area contributed by atoms with E-state index in [-0.39, 0.29) is 18.4 Å². The monoisotopic (exact) mass is 319 g/mol. The zero-order valence-corrected chi connectivity index (χ0v) is 15.0. The molecule has 2 amide bonds. The summed E-state index contributed by atoms with van der Waals surface area (Å²) >= 11 is 0. The third-order valence-corrected chi connectivity index (χ3v) is 3.85. The van der Waals surface area contributed by atoms with Gasteiger partial charge in [-0.1, -0.05) is 6.92 Å². The molecule has 0 aliphatic rings. The summed E-state index contributed by atoms with van der Waals surface area (Å²) in [6.45, 7) is 12.3. The van der Waals surface area contributed by atoms with Crippen LogP contribution in [-0.4, -0.2) is 38.0 Å². The molecule has 128 valence electrons. The summed E-state index contributed by atoms with van der Waals surface area (Å²) in [5, 5.41) is 2.81. The van der Waals surface area contributed by atoms with E-state index in [0.717, 1.165) is 36.4 Å². The Kier molecular flexibility index (Phi) is 7.59. The molecular weight excluding hydrogens is 290 g/mol. The first-order valence-electron chi connectivity index (χ1n) is 8.34. The average molecular weight is 319 g/mol. The molecule has 23 heavy (non-hydrogen) atoms. The summed E-state index contributed by atoms with van der Waals surface area (Å²) in [5.41, 5.74) is 2.92. The van der Waals surface area contributed by atoms with Crippen molar-refractivity contribution in [1.29, 1.82) is 0 Å². The molecule has 0 spiro atoms. The van der Waals surface area contributed by atoms with Gasteiger partial charge >= 0.3 is 0 Å². The molecule has 0 heterocycles. The van der Waals surface area contributed by atoms with Gasteiger partial charge in [-0.2, -0.15) is 0 Å². The van der Waals surface area contributed by atoms with Crippen LogP contribution < -0.4 is 15.1 Å². The van der Waals surface area contributed by atoms with E-state index in [9.17, 15) is 9.59 Å². The van der Waals surface area contributed by atoms with Gasteiger partial charge in [-0.15, -0.1) is 0 Å². The summed E-state index contributed by atoms with van der Waals surface area (Å²) in [6, 6.07) is 6.01. The zero-order chi connectivity index (χ0) is 17.4. The topological polar surface area (TPSA) is 52.7 Å². The largest absolute Gasteiger partial charge is 0.372 e. The summed E-state index contributed by atoms with van der Waals surface area (Å²) in [4.78, 5) is 27.7. The Hall–Kier alpha value is -2.04. The van der Waals surface area contributed by atoms with Crippen molar-refractivity contribution in [1.82, 2.24) is 5.32 Å². The molecule has 5 nitrogen and oxygen atoms in total. The van der Waals surface area contributed by atoms with Crippen LogP contribution in [0.2, 0.25) is 0 Å². The molecular formula is C18H29N3O2. The minimum Gasteiger partial charge on any atom is -0.372 e. The van der Waals surface area contributed by atoms with Crippen LogP contribution in [0.4, 0.5) is 11.4 Å². The number of hydrogen-bond donors (Lipinski definition) is 1. The van der Waals surface area contributed by atoms with Gasteiger partial charge in [0, 0.05) is 37.9 Å². The van der Waals surface area contributed by atoms with Crippen LogP contribution in [0.5, 0.6) is 0 Å². The fourth-order valence-corrected chi connectivity index (χ4v) is 2.56. The van der Waals surface area contributed by atoms with E-state index in [1.165, 1.54) is 11.8 Å². The molecule has 1 rings (SSSR count). The second kappa shape index (κ2) is 9.18. The van der Waals surface area contributed by atoms with Gasteiger partial charge in [-0.25, -0.2) is 0 Å². The van der Waals surface area contributed by atoms with E-state index in [4.69, 9.17) is 0 Å². The molecule has 0 unspecified atom stereocenters. The lowest BCUT2D eigenvalue weighted by Gasteiger charge is -2.26. The van der Waals surface area contributed by atoms with Crippen molar-refractivity contribution >= 4 is 23.2 Å². The van der Waals surface area contributed by atoms with Gasteiger partial charge in [0.1, 0.15) is 6.54 Å². The highest BCUT2D eigenvalue weighted by Gasteiger charge is 2.18. The van der Waals surface area contributed by atoms with E-state index in [1.807, 2.05) is 26.0 Å². The Labute approximate surface area is 139 Å². The fourth-order valence-electron chi connectivity index (χ4n) is 2.56. The van der Waals surface area contributed by atoms with Crippen LogP contribution in [0.15, 0.2) is 18.2 Å². The van der Waals surface area contributed by atoms with Gasteiger partial charge < -0.3 is 15.1 Å². The summed E-state index contributed by atoms with van der Waals surface area (Å²) in [7, 11) is 0. The molecule has 0 fully saturated rings. The van der Waals surface area contributed by atoms with Gasteiger partial charge in [-0.05, 0) is 51.0 Å². The number of carbonyl (C=O) groups excluding carboxylic acids is 2. The molecule has 5 heteroatoms. The maximum absolute atomic E-state index is 12.0. The molecule has 0 aliphatic carbocycles. The van der Waals surface area contributed by atoms with E-state index in [2.05, 4.69) is 30.1 Å². The van der Waals surface area contributed by atoms with Crippen molar-refractivity contribution in [3.63, 3.8) is 0 Å². The third kappa shape index (κ3) is 5.27. The van der Waals surface area contributed by atoms with Gasteiger partial charge in [-0.3, -0.25) is 9.59 Å². The molecule has 1 aromatic carbocycles. The highest BCUT2D eigenvalue weighted by atomic mass is 16.2. The van der Waals surface area contributed by atoms with Crippen molar-refractivity contribution in [2.45, 2.75) is 41.0 Å². The van der Waals surface area contributed by atoms with Crippen molar-refractivity contribution in [2.24, 2.45) is 0 Å². The smallest absolute Gasteiger partial charge is 0.240 e. The second-order valence-corrected chi connectivity index (χ2v) is 5.60. The molecule has 0 aromatic heterocycles. The van der Waals surface area contributed by atoms with Gasteiger partial charge in [0.25, 0.3) is 0 Å². The molecule has 0 bridgehead atoms. The predicted molar refractivity (Wildman–Crippen MR) is 96.1 cm³/mol. The lowest BCUT2D eigenvalue weighted by atomic mass is 10.1. The summed E-state index contributed by atoms with van der Waals surface area (Å²) < 4.78 is 0. The molecule has 0 saturated heterocycles. The van der Waals surface area contributed by atoms with E-state index in [1.54, 1.807) is 0 Å². The Morgan fingerprint density at radius 1 is 1.13 bits per heavy atom. The first-order valence-corrected chi connectivity index (χ1v) is 8.34. The van der Waals surface area contributed by atoms with Gasteiger partial charge in [0.05, 0.1) is 0 Å². The number of rotatable bonds is 8. The molecule has 0 saturated carbocycles. The minimum atomic E-state index is -0.130. The highest BCUT2D eigenvalue weighted by molar-refractivity contribution is 5.98. The SMILES string of the molecule is CCCNC(=O)CN(C(C)=O)c1ccc(N(CC)CC)cc1C. The van der Waals surface area contributed by atoms with E-state index in [0.29, 0.717) is 6.54 Å². The lowest BCUT2D eigenvalue weighted by Crippen LogP contribution is -2.40. The number of nitrogens with zero attached hydrogens (tertiary/aromatic N) is 2. The molecule has 1 N–H and O–H groups in total. The number of carbonyl (C=O) groups is 2. The summed E-state index contributed by atoms with van der Waals surface area (Å²) in [6.07, 6.45) is 0.878. The first kappa shape index (κ1) is 19.0. The van der Waals surface area contributed by atoms with Gasteiger partial charge in [0.2, 0.25) is 11.8 Å². The Morgan fingerprint density at radius 2 is 1.78 bits per heavy atom. The standard InChI is InChI=1S/C18H29N3O2/c1-6-11-19-18(23)13-21(15(5)22)17-10-9-16(12-14(17)4)20(7-2)8-3/h9-10,12H,6-8,11,13H2,1-5H3,(H,19,23). The minimum absolute atomic E-state index is 0.0563. The van der Waals surface area contributed by atoms with Crippen LogP contribution in [0, 0.1) is 6.92 Å². The Balaban J connectivity index is 3.00. The maximum atomic E-state index is 12.0. The lowest BCUT2D eigenvalue weighted by molar-refractivity contribution is -0.123. The number of hydrogen-bond acceptors (Lipinski definition) is 3. The average Bonchev–Trinajstić information content (AvgIpc) is 2.52. The normalized spacial score (nSPS) is 10.3. The molecule has 0 radical (unpaired) electrons. The number of amides is 2. The number of benzene rings is 1. The second-order valence-electron chi connectivity index (χ2n) is 5.60. The van der Waals surface area contributed by atoms with Crippen LogP contribution in [0.25, 0.3) is 0 Å². The molecule has 1 aromatic rings. The van der Waals surface area contributed by atoms with Gasteiger partial charge in [0.15, 0.2) is 0 Å². The fraction of sp³-hybridized carbons (Fsp3) is 0.556. The van der Waals surface area contributed by atoms with Crippen molar-refractivity contribution < 1.29 is 9.59 Å². The number of anilines is 2. The third-order valence-electron chi connectivity index (χ3n) is 3.85. The van der Waals surface area contributed by atoms with E-state index < -0.39 is 0 Å².